The molecule has 0 aliphatic carbocycles. The van der Waals surface area contributed by atoms with E-state index >= 15 is 0 Å². The number of nitrogens with one attached hydrogen (secondary N) is 1. The summed E-state index contributed by atoms with van der Waals surface area (Å²) in [6, 6.07) is 11.5. The lowest BCUT2D eigenvalue weighted by Gasteiger charge is -2.19. The summed E-state index contributed by atoms with van der Waals surface area (Å²) in [4.78, 5) is 0. The van der Waals surface area contributed by atoms with Gasteiger partial charge in [0.25, 0.3) is 0 Å². The van der Waals surface area contributed by atoms with E-state index in [2.05, 4.69) is 23.8 Å². The summed E-state index contributed by atoms with van der Waals surface area (Å²) in [5, 5.41) is 0. The van der Waals surface area contributed by atoms with Crippen molar-refractivity contribution in [1.82, 2.24) is 4.72 Å². The number of hydrogen-bond donors (Lipinski definition) is 1. The molecular formula is C19H25NO2S. The predicted octanol–water partition coefficient (Wildman–Crippen LogP) is 4.10. The first-order valence-electron chi connectivity index (χ1n) is 7.82. The fraction of sp³-hybridized carbons (Fsp3) is 0.368. The molecule has 0 aromatic heterocycles. The first-order chi connectivity index (χ1) is 10.7. The van der Waals surface area contributed by atoms with E-state index in [1.807, 2.05) is 52.0 Å². The molecule has 3 nitrogen and oxygen atoms in total. The van der Waals surface area contributed by atoms with Gasteiger partial charge in [-0.05, 0) is 68.0 Å². The van der Waals surface area contributed by atoms with E-state index in [-0.39, 0.29) is 11.8 Å². The second kappa shape index (κ2) is 6.85. The molecule has 0 heterocycles. The van der Waals surface area contributed by atoms with Crippen LogP contribution in [0.15, 0.2) is 36.4 Å². The Bertz CT molecular complexity index is 810. The Morgan fingerprint density at radius 1 is 0.913 bits per heavy atom. The van der Waals surface area contributed by atoms with Gasteiger partial charge in [0.05, 0.1) is 5.75 Å². The van der Waals surface area contributed by atoms with Crippen LogP contribution in [-0.2, 0) is 15.8 Å². The van der Waals surface area contributed by atoms with E-state index < -0.39 is 10.0 Å². The Balaban J connectivity index is 2.20. The third-order valence-corrected chi connectivity index (χ3v) is 5.72. The largest absolute Gasteiger partial charge is 0.216 e. The van der Waals surface area contributed by atoms with E-state index in [1.54, 1.807) is 0 Å². The average Bonchev–Trinajstić information content (AvgIpc) is 2.44. The topological polar surface area (TPSA) is 46.2 Å². The molecule has 0 aliphatic rings. The van der Waals surface area contributed by atoms with Crippen LogP contribution in [-0.4, -0.2) is 8.42 Å². The molecule has 0 radical (unpaired) electrons. The molecule has 1 atom stereocenters. The molecule has 1 N–H and O–H groups in total. The summed E-state index contributed by atoms with van der Waals surface area (Å²) in [7, 11) is -3.39. The molecule has 4 heteroatoms. The minimum Gasteiger partial charge on any atom is -0.212 e. The van der Waals surface area contributed by atoms with Gasteiger partial charge in [-0.2, -0.15) is 0 Å². The van der Waals surface area contributed by atoms with E-state index in [0.29, 0.717) is 0 Å². The summed E-state index contributed by atoms with van der Waals surface area (Å²) < 4.78 is 27.8. The van der Waals surface area contributed by atoms with Crippen LogP contribution < -0.4 is 4.72 Å². The van der Waals surface area contributed by atoms with Crippen LogP contribution in [0.2, 0.25) is 0 Å². The Labute approximate surface area is 139 Å². The van der Waals surface area contributed by atoms with Gasteiger partial charge in [0.15, 0.2) is 0 Å². The fourth-order valence-electron chi connectivity index (χ4n) is 2.80. The highest BCUT2D eigenvalue weighted by molar-refractivity contribution is 7.88. The first-order valence-corrected chi connectivity index (χ1v) is 9.47. The summed E-state index contributed by atoms with van der Waals surface area (Å²) in [6.45, 7) is 9.97. The van der Waals surface area contributed by atoms with Gasteiger partial charge in [-0.3, -0.25) is 0 Å². The number of aryl methyl sites for hydroxylation is 4. The fourth-order valence-corrected chi connectivity index (χ4v) is 4.28. The molecule has 0 unspecified atom stereocenters. The standard InChI is InChI=1S/C19H25NO2S/c1-13-8-6-7-9-18(13)12-23(21,22)20-17(5)19-11-15(3)14(2)10-16(19)4/h6-11,17,20H,12H2,1-5H3/t17-/m1/s1. The van der Waals surface area contributed by atoms with Crippen molar-refractivity contribution in [3.05, 3.63) is 69.8 Å². The molecule has 23 heavy (non-hydrogen) atoms. The van der Waals surface area contributed by atoms with E-state index in [9.17, 15) is 8.42 Å². The molecule has 0 spiro atoms. The third kappa shape index (κ3) is 4.43. The monoisotopic (exact) mass is 331 g/mol. The van der Waals surface area contributed by atoms with Crippen molar-refractivity contribution in [1.29, 1.82) is 0 Å². The van der Waals surface area contributed by atoms with Crippen LogP contribution in [0.1, 0.15) is 46.3 Å². The van der Waals surface area contributed by atoms with Gasteiger partial charge in [-0.15, -0.1) is 0 Å². The first kappa shape index (κ1) is 17.7. The van der Waals surface area contributed by atoms with E-state index in [1.165, 1.54) is 11.1 Å². The second-order valence-corrected chi connectivity index (χ2v) is 8.07. The van der Waals surface area contributed by atoms with Crippen LogP contribution >= 0.6 is 0 Å². The number of hydrogen-bond acceptors (Lipinski definition) is 2. The Morgan fingerprint density at radius 3 is 2.17 bits per heavy atom. The highest BCUT2D eigenvalue weighted by Crippen LogP contribution is 2.23. The van der Waals surface area contributed by atoms with Crippen LogP contribution in [0.5, 0.6) is 0 Å². The normalized spacial score (nSPS) is 13.1. The maximum atomic E-state index is 12.5. The van der Waals surface area contributed by atoms with Gasteiger partial charge in [-0.1, -0.05) is 36.4 Å². The van der Waals surface area contributed by atoms with Gasteiger partial charge in [0.2, 0.25) is 10.0 Å². The van der Waals surface area contributed by atoms with Crippen molar-refractivity contribution in [3.63, 3.8) is 0 Å². The predicted molar refractivity (Wildman–Crippen MR) is 96.0 cm³/mol. The van der Waals surface area contributed by atoms with E-state index in [0.717, 1.165) is 22.3 Å². The van der Waals surface area contributed by atoms with Crippen LogP contribution in [0.25, 0.3) is 0 Å². The van der Waals surface area contributed by atoms with Gasteiger partial charge in [0.1, 0.15) is 0 Å². The number of benzene rings is 2. The number of rotatable bonds is 5. The molecule has 0 bridgehead atoms. The van der Waals surface area contributed by atoms with Crippen molar-refractivity contribution in [2.24, 2.45) is 0 Å². The molecule has 0 amide bonds. The van der Waals surface area contributed by atoms with Crippen molar-refractivity contribution in [3.8, 4) is 0 Å². The maximum Gasteiger partial charge on any atom is 0.216 e. The van der Waals surface area contributed by atoms with Gasteiger partial charge >= 0.3 is 0 Å². The van der Waals surface area contributed by atoms with Crippen molar-refractivity contribution < 1.29 is 8.42 Å². The summed E-state index contributed by atoms with van der Waals surface area (Å²) in [5.74, 6) is 0.00784. The lowest BCUT2D eigenvalue weighted by molar-refractivity contribution is 0.565. The Morgan fingerprint density at radius 2 is 1.52 bits per heavy atom. The van der Waals surface area contributed by atoms with Crippen LogP contribution in [0, 0.1) is 27.7 Å². The molecule has 0 fully saturated rings. The van der Waals surface area contributed by atoms with E-state index in [4.69, 9.17) is 0 Å². The molecule has 0 saturated carbocycles. The lowest BCUT2D eigenvalue weighted by Crippen LogP contribution is -2.28. The zero-order valence-corrected chi connectivity index (χ0v) is 15.3. The third-order valence-electron chi connectivity index (χ3n) is 4.31. The second-order valence-electron chi connectivity index (χ2n) is 6.32. The van der Waals surface area contributed by atoms with Crippen molar-refractivity contribution in [2.75, 3.05) is 0 Å². The molecule has 2 aromatic rings. The maximum absolute atomic E-state index is 12.5. The van der Waals surface area contributed by atoms with Crippen LogP contribution in [0.4, 0.5) is 0 Å². The van der Waals surface area contributed by atoms with Crippen molar-refractivity contribution >= 4 is 10.0 Å². The van der Waals surface area contributed by atoms with Crippen LogP contribution in [0.3, 0.4) is 0 Å². The number of sulfonamides is 1. The minimum atomic E-state index is -3.39. The molecule has 2 rings (SSSR count). The zero-order valence-electron chi connectivity index (χ0n) is 14.5. The summed E-state index contributed by atoms with van der Waals surface area (Å²) in [5.41, 5.74) is 6.37. The molecule has 124 valence electrons. The van der Waals surface area contributed by atoms with Crippen molar-refractivity contribution in [2.45, 2.75) is 46.4 Å². The highest BCUT2D eigenvalue weighted by atomic mass is 32.2. The quantitative estimate of drug-likeness (QED) is 0.896. The molecule has 2 aromatic carbocycles. The Hall–Kier alpha value is -1.65. The SMILES string of the molecule is Cc1cc(C)c([C@@H](C)NS(=O)(=O)Cc2ccccc2C)cc1C. The molecule has 0 saturated heterocycles. The highest BCUT2D eigenvalue weighted by Gasteiger charge is 2.19. The Kier molecular flexibility index (Phi) is 5.27. The zero-order chi connectivity index (χ0) is 17.2. The summed E-state index contributed by atoms with van der Waals surface area (Å²) in [6.07, 6.45) is 0. The summed E-state index contributed by atoms with van der Waals surface area (Å²) >= 11 is 0. The average molecular weight is 331 g/mol. The molecule has 0 aliphatic heterocycles. The van der Waals surface area contributed by atoms with Gasteiger partial charge < -0.3 is 0 Å². The molecular weight excluding hydrogens is 306 g/mol. The lowest BCUT2D eigenvalue weighted by atomic mass is 9.97. The minimum absolute atomic E-state index is 0.00784. The smallest absolute Gasteiger partial charge is 0.212 e. The van der Waals surface area contributed by atoms with Gasteiger partial charge in [-0.25, -0.2) is 13.1 Å². The van der Waals surface area contributed by atoms with Gasteiger partial charge in [0, 0.05) is 6.04 Å².